The second-order valence-corrected chi connectivity index (χ2v) is 5.53. The number of aliphatic hydroxyl groups is 1. The van der Waals surface area contributed by atoms with E-state index in [0.29, 0.717) is 5.02 Å². The van der Waals surface area contributed by atoms with Crippen LogP contribution in [0.3, 0.4) is 0 Å². The van der Waals surface area contributed by atoms with Gasteiger partial charge in [0, 0.05) is 11.1 Å². The zero-order chi connectivity index (χ0) is 13.9. The Labute approximate surface area is 118 Å². The number of nitrogens with one attached hydrogen (secondary N) is 1. The van der Waals surface area contributed by atoms with E-state index in [1.807, 2.05) is 25.1 Å². The van der Waals surface area contributed by atoms with Crippen LogP contribution in [0.25, 0.3) is 6.08 Å². The largest absolute Gasteiger partial charge is 0.394 e. The van der Waals surface area contributed by atoms with Crippen LogP contribution in [0.15, 0.2) is 24.3 Å². The van der Waals surface area contributed by atoms with Crippen molar-refractivity contribution in [2.45, 2.75) is 31.7 Å². The van der Waals surface area contributed by atoms with Crippen molar-refractivity contribution in [1.29, 1.82) is 0 Å². The number of carbonyl (C=O) groups excluding carboxylic acids is 1. The van der Waals surface area contributed by atoms with E-state index in [-0.39, 0.29) is 12.5 Å². The zero-order valence-corrected chi connectivity index (χ0v) is 11.7. The van der Waals surface area contributed by atoms with E-state index < -0.39 is 5.54 Å². The smallest absolute Gasteiger partial charge is 0.244 e. The van der Waals surface area contributed by atoms with Gasteiger partial charge in [-0.1, -0.05) is 23.7 Å². The normalized spacial score (nSPS) is 17.2. The number of rotatable bonds is 4. The first-order valence-electron chi connectivity index (χ1n) is 6.42. The Morgan fingerprint density at radius 3 is 2.79 bits per heavy atom. The Morgan fingerprint density at radius 1 is 1.53 bits per heavy atom. The van der Waals surface area contributed by atoms with E-state index in [1.165, 1.54) is 6.08 Å². The van der Waals surface area contributed by atoms with Crippen molar-refractivity contribution in [3.63, 3.8) is 0 Å². The molecule has 0 saturated heterocycles. The van der Waals surface area contributed by atoms with Crippen LogP contribution < -0.4 is 5.32 Å². The van der Waals surface area contributed by atoms with Crippen molar-refractivity contribution in [2.24, 2.45) is 0 Å². The van der Waals surface area contributed by atoms with E-state index in [1.54, 1.807) is 6.08 Å². The molecule has 0 aromatic heterocycles. The molecule has 0 unspecified atom stereocenters. The van der Waals surface area contributed by atoms with Gasteiger partial charge in [-0.2, -0.15) is 0 Å². The number of hydrogen-bond donors (Lipinski definition) is 2. The summed E-state index contributed by atoms with van der Waals surface area (Å²) in [5.74, 6) is -0.176. The van der Waals surface area contributed by atoms with E-state index in [0.717, 1.165) is 30.4 Å². The van der Waals surface area contributed by atoms with E-state index >= 15 is 0 Å². The lowest BCUT2D eigenvalue weighted by atomic mass is 9.77. The number of aliphatic hydroxyl groups excluding tert-OH is 1. The summed E-state index contributed by atoms with van der Waals surface area (Å²) >= 11 is 6.02. The van der Waals surface area contributed by atoms with Crippen LogP contribution in [0.4, 0.5) is 0 Å². The minimum absolute atomic E-state index is 0.00292. The average molecular weight is 280 g/mol. The standard InChI is InChI=1S/C15H18ClNO2/c1-11-3-4-12(9-13(11)16)5-6-14(19)17-15(10-18)7-2-8-15/h3-6,9,18H,2,7-8,10H2,1H3,(H,17,19)/b6-5+. The molecule has 0 heterocycles. The summed E-state index contributed by atoms with van der Waals surface area (Å²) in [6, 6.07) is 5.66. The van der Waals surface area contributed by atoms with Crippen molar-refractivity contribution < 1.29 is 9.90 Å². The topological polar surface area (TPSA) is 49.3 Å². The van der Waals surface area contributed by atoms with E-state index in [9.17, 15) is 9.90 Å². The Morgan fingerprint density at radius 2 is 2.26 bits per heavy atom. The lowest BCUT2D eigenvalue weighted by Crippen LogP contribution is -2.55. The van der Waals surface area contributed by atoms with Gasteiger partial charge in [-0.3, -0.25) is 4.79 Å². The highest BCUT2D eigenvalue weighted by Crippen LogP contribution is 2.31. The fraction of sp³-hybridized carbons (Fsp3) is 0.400. The molecule has 19 heavy (non-hydrogen) atoms. The third kappa shape index (κ3) is 3.37. The third-order valence-corrected chi connectivity index (χ3v) is 4.03. The molecular weight excluding hydrogens is 262 g/mol. The van der Waals surface area contributed by atoms with Gasteiger partial charge >= 0.3 is 0 Å². The van der Waals surface area contributed by atoms with Crippen LogP contribution in [0.2, 0.25) is 5.02 Å². The molecule has 2 rings (SSSR count). The molecule has 3 nitrogen and oxygen atoms in total. The molecule has 0 bridgehead atoms. The molecule has 1 amide bonds. The van der Waals surface area contributed by atoms with E-state index in [4.69, 9.17) is 11.6 Å². The molecule has 0 aliphatic heterocycles. The Bertz CT molecular complexity index is 501. The molecule has 0 radical (unpaired) electrons. The molecule has 1 aromatic carbocycles. The predicted molar refractivity (Wildman–Crippen MR) is 77.0 cm³/mol. The highest BCUT2D eigenvalue weighted by Gasteiger charge is 2.37. The molecule has 2 N–H and O–H groups in total. The fourth-order valence-corrected chi connectivity index (χ4v) is 2.30. The number of halogens is 1. The van der Waals surface area contributed by atoms with Crippen LogP contribution in [0.1, 0.15) is 30.4 Å². The summed E-state index contributed by atoms with van der Waals surface area (Å²) in [6.45, 7) is 1.94. The Hall–Kier alpha value is -1.32. The van der Waals surface area contributed by atoms with Crippen molar-refractivity contribution >= 4 is 23.6 Å². The fourth-order valence-electron chi connectivity index (χ4n) is 2.11. The lowest BCUT2D eigenvalue weighted by molar-refractivity contribution is -0.120. The summed E-state index contributed by atoms with van der Waals surface area (Å²) in [4.78, 5) is 11.8. The average Bonchev–Trinajstić information content (AvgIpc) is 2.35. The second kappa shape index (κ2) is 5.76. The summed E-state index contributed by atoms with van der Waals surface area (Å²) in [7, 11) is 0. The van der Waals surface area contributed by atoms with Gasteiger partial charge in [-0.25, -0.2) is 0 Å². The van der Waals surface area contributed by atoms with E-state index in [2.05, 4.69) is 5.32 Å². The van der Waals surface area contributed by atoms with Crippen LogP contribution >= 0.6 is 11.6 Å². The molecule has 102 valence electrons. The van der Waals surface area contributed by atoms with Crippen molar-refractivity contribution in [2.75, 3.05) is 6.61 Å². The predicted octanol–water partition coefficient (Wildman–Crippen LogP) is 2.69. The van der Waals surface area contributed by atoms with Crippen LogP contribution in [0.5, 0.6) is 0 Å². The first-order chi connectivity index (χ1) is 9.04. The molecule has 1 saturated carbocycles. The van der Waals surface area contributed by atoms with Gasteiger partial charge in [-0.05, 0) is 49.5 Å². The molecule has 4 heteroatoms. The Balaban J connectivity index is 1.98. The maximum atomic E-state index is 11.8. The number of aryl methyl sites for hydroxylation is 1. The maximum absolute atomic E-state index is 11.8. The minimum Gasteiger partial charge on any atom is -0.394 e. The van der Waals surface area contributed by atoms with Crippen molar-refractivity contribution in [3.05, 3.63) is 40.4 Å². The van der Waals surface area contributed by atoms with Crippen molar-refractivity contribution in [1.82, 2.24) is 5.32 Å². The van der Waals surface area contributed by atoms with Gasteiger partial charge in [-0.15, -0.1) is 0 Å². The molecule has 0 atom stereocenters. The maximum Gasteiger partial charge on any atom is 0.244 e. The molecule has 1 aromatic rings. The lowest BCUT2D eigenvalue weighted by Gasteiger charge is -2.40. The van der Waals surface area contributed by atoms with Gasteiger partial charge in [0.25, 0.3) is 0 Å². The Kier molecular flexibility index (Phi) is 4.27. The van der Waals surface area contributed by atoms with Crippen LogP contribution in [-0.4, -0.2) is 23.2 Å². The third-order valence-electron chi connectivity index (χ3n) is 3.62. The molecular formula is C15H18ClNO2. The van der Waals surface area contributed by atoms with Crippen LogP contribution in [-0.2, 0) is 4.79 Å². The second-order valence-electron chi connectivity index (χ2n) is 5.12. The number of carbonyl (C=O) groups is 1. The van der Waals surface area contributed by atoms with Crippen molar-refractivity contribution in [3.8, 4) is 0 Å². The van der Waals surface area contributed by atoms with Gasteiger partial charge in [0.2, 0.25) is 5.91 Å². The monoisotopic (exact) mass is 279 g/mol. The summed E-state index contributed by atoms with van der Waals surface area (Å²) in [6.07, 6.45) is 5.96. The van der Waals surface area contributed by atoms with Gasteiger partial charge in [0.05, 0.1) is 12.1 Å². The SMILES string of the molecule is Cc1ccc(/C=C/C(=O)NC2(CO)CCC2)cc1Cl. The highest BCUT2D eigenvalue weighted by molar-refractivity contribution is 6.31. The number of amides is 1. The molecule has 1 fully saturated rings. The summed E-state index contributed by atoms with van der Waals surface area (Å²) in [5, 5.41) is 12.8. The van der Waals surface area contributed by atoms with Gasteiger partial charge < -0.3 is 10.4 Å². The van der Waals surface area contributed by atoms with Crippen LogP contribution in [0, 0.1) is 6.92 Å². The molecule has 1 aliphatic carbocycles. The zero-order valence-electron chi connectivity index (χ0n) is 10.9. The first kappa shape index (κ1) is 14.1. The highest BCUT2D eigenvalue weighted by atomic mass is 35.5. The number of benzene rings is 1. The summed E-state index contributed by atoms with van der Waals surface area (Å²) < 4.78 is 0. The summed E-state index contributed by atoms with van der Waals surface area (Å²) in [5.41, 5.74) is 1.50. The minimum atomic E-state index is -0.396. The molecule has 1 aliphatic rings. The van der Waals surface area contributed by atoms with Gasteiger partial charge in [0.15, 0.2) is 0 Å². The quantitative estimate of drug-likeness (QED) is 0.833. The number of hydrogen-bond acceptors (Lipinski definition) is 2. The van der Waals surface area contributed by atoms with Gasteiger partial charge in [0.1, 0.15) is 0 Å². The molecule has 0 spiro atoms. The first-order valence-corrected chi connectivity index (χ1v) is 6.80.